The standard InChI is InChI=1S/C16H27O2Si3/c1-19(2,15-11-7-8-12-15)17-21(5,6)18-20(3,4)16-13-9-10-14-16/h7-15H,1-6H3/q-1. The maximum absolute atomic E-state index is 6.63. The van der Waals surface area contributed by atoms with Crippen molar-refractivity contribution in [3.8, 4) is 0 Å². The molecule has 0 atom stereocenters. The van der Waals surface area contributed by atoms with E-state index in [9.17, 15) is 0 Å². The molecule has 0 aliphatic heterocycles. The Morgan fingerprint density at radius 1 is 0.810 bits per heavy atom. The van der Waals surface area contributed by atoms with Crippen molar-refractivity contribution in [3.63, 3.8) is 0 Å². The second kappa shape index (κ2) is 5.89. The molecule has 0 N–H and O–H groups in total. The summed E-state index contributed by atoms with van der Waals surface area (Å²) in [5.74, 6) is 0. The van der Waals surface area contributed by atoms with Crippen LogP contribution in [0.3, 0.4) is 0 Å². The molecule has 0 saturated carbocycles. The van der Waals surface area contributed by atoms with Crippen LogP contribution in [0.4, 0.5) is 0 Å². The van der Waals surface area contributed by atoms with Gasteiger partial charge in [-0.15, -0.1) is 5.19 Å². The number of hydrogen-bond donors (Lipinski definition) is 0. The fourth-order valence-corrected chi connectivity index (χ4v) is 16.8. The molecule has 2 rings (SSSR count). The third-order valence-electron chi connectivity index (χ3n) is 3.92. The summed E-state index contributed by atoms with van der Waals surface area (Å²) >= 11 is 0. The minimum atomic E-state index is -2.14. The maximum Gasteiger partial charge on any atom is 0.310 e. The van der Waals surface area contributed by atoms with Gasteiger partial charge in [-0.3, -0.25) is 0 Å². The molecule has 1 aromatic carbocycles. The van der Waals surface area contributed by atoms with Crippen molar-refractivity contribution in [1.82, 2.24) is 0 Å². The van der Waals surface area contributed by atoms with Crippen LogP contribution >= 0.6 is 0 Å². The Morgan fingerprint density at radius 3 is 1.86 bits per heavy atom. The van der Waals surface area contributed by atoms with Gasteiger partial charge in [-0.2, -0.15) is 12.1 Å². The summed E-state index contributed by atoms with van der Waals surface area (Å²) in [5, 5.41) is 1.35. The highest BCUT2D eigenvalue weighted by atomic mass is 28.5. The van der Waals surface area contributed by atoms with E-state index in [4.69, 9.17) is 8.23 Å². The van der Waals surface area contributed by atoms with Crippen molar-refractivity contribution in [1.29, 1.82) is 0 Å². The molecule has 0 unspecified atom stereocenters. The molecule has 116 valence electrons. The third kappa shape index (κ3) is 4.20. The molecule has 1 aliphatic rings. The van der Waals surface area contributed by atoms with Crippen molar-refractivity contribution in [2.45, 2.75) is 44.8 Å². The lowest BCUT2D eigenvalue weighted by Crippen LogP contribution is -2.57. The minimum absolute atomic E-state index is 0.469. The van der Waals surface area contributed by atoms with E-state index in [2.05, 4.69) is 87.9 Å². The largest absolute Gasteiger partial charge is 0.443 e. The molecule has 0 heterocycles. The lowest BCUT2D eigenvalue weighted by molar-refractivity contribution is 0.393. The monoisotopic (exact) mass is 335 g/mol. The molecule has 1 aliphatic carbocycles. The van der Waals surface area contributed by atoms with E-state index in [0.29, 0.717) is 5.54 Å². The molecule has 2 nitrogen and oxygen atoms in total. The summed E-state index contributed by atoms with van der Waals surface area (Å²) < 4.78 is 13.2. The maximum atomic E-state index is 6.63. The highest BCUT2D eigenvalue weighted by Crippen LogP contribution is 2.32. The molecule has 0 amide bonds. The van der Waals surface area contributed by atoms with Gasteiger partial charge in [0.2, 0.25) is 0 Å². The van der Waals surface area contributed by atoms with Crippen LogP contribution in [0.2, 0.25) is 44.8 Å². The Hall–Kier alpha value is -0.599. The van der Waals surface area contributed by atoms with Gasteiger partial charge in [0, 0.05) is 5.54 Å². The minimum Gasteiger partial charge on any atom is -0.443 e. The molecular formula is C16H27O2Si3-. The summed E-state index contributed by atoms with van der Waals surface area (Å²) in [6, 6.07) is 8.55. The first kappa shape index (κ1) is 16.8. The summed E-state index contributed by atoms with van der Waals surface area (Å²) in [5.41, 5.74) is 0.469. The van der Waals surface area contributed by atoms with Crippen LogP contribution < -0.4 is 5.19 Å². The molecule has 1 aromatic rings. The van der Waals surface area contributed by atoms with Crippen molar-refractivity contribution in [2.24, 2.45) is 0 Å². The van der Waals surface area contributed by atoms with Gasteiger partial charge in [0.25, 0.3) is 0 Å². The first-order chi connectivity index (χ1) is 9.62. The average Bonchev–Trinajstić information content (AvgIpc) is 3.00. The highest BCUT2D eigenvalue weighted by molar-refractivity contribution is 6.93. The first-order valence-corrected chi connectivity index (χ1v) is 16.3. The Morgan fingerprint density at radius 2 is 1.33 bits per heavy atom. The van der Waals surface area contributed by atoms with E-state index < -0.39 is 25.2 Å². The van der Waals surface area contributed by atoms with Gasteiger partial charge >= 0.3 is 8.56 Å². The molecule has 0 saturated heterocycles. The molecule has 5 heteroatoms. The van der Waals surface area contributed by atoms with Crippen LogP contribution in [0, 0.1) is 0 Å². The summed E-state index contributed by atoms with van der Waals surface area (Å²) in [7, 11) is -5.83. The Balaban J connectivity index is 2.08. The number of rotatable bonds is 6. The molecule has 0 radical (unpaired) electrons. The third-order valence-corrected chi connectivity index (χ3v) is 15.7. The summed E-state index contributed by atoms with van der Waals surface area (Å²) in [6.45, 7) is 13.5. The molecule has 0 aromatic heterocycles. The van der Waals surface area contributed by atoms with Gasteiger partial charge in [0.1, 0.15) is 8.32 Å². The predicted molar refractivity (Wildman–Crippen MR) is 98.3 cm³/mol. The number of allylic oxidation sites excluding steroid dienone is 4. The van der Waals surface area contributed by atoms with Gasteiger partial charge in [-0.25, -0.2) is 12.1 Å². The fourth-order valence-electron chi connectivity index (χ4n) is 3.07. The Bertz CT molecular complexity index is 516. The lowest BCUT2D eigenvalue weighted by atomic mass is 10.5. The zero-order valence-electron chi connectivity index (χ0n) is 14.0. The zero-order valence-corrected chi connectivity index (χ0v) is 17.0. The van der Waals surface area contributed by atoms with E-state index in [0.717, 1.165) is 0 Å². The van der Waals surface area contributed by atoms with Crippen molar-refractivity contribution in [2.75, 3.05) is 0 Å². The Kier molecular flexibility index (Phi) is 4.70. The zero-order chi connectivity index (χ0) is 15.7. The van der Waals surface area contributed by atoms with E-state index >= 15 is 0 Å². The van der Waals surface area contributed by atoms with Gasteiger partial charge in [-0.1, -0.05) is 37.4 Å². The van der Waals surface area contributed by atoms with Gasteiger partial charge in [-0.05, 0) is 26.2 Å². The first-order valence-electron chi connectivity index (χ1n) is 7.60. The van der Waals surface area contributed by atoms with Crippen LogP contribution in [-0.2, 0) is 8.23 Å². The van der Waals surface area contributed by atoms with Gasteiger partial charge in [0.15, 0.2) is 8.32 Å². The van der Waals surface area contributed by atoms with Crippen molar-refractivity contribution >= 4 is 30.4 Å². The second-order valence-corrected chi connectivity index (χ2v) is 19.1. The van der Waals surface area contributed by atoms with E-state index in [1.165, 1.54) is 5.19 Å². The van der Waals surface area contributed by atoms with Crippen LogP contribution in [0.25, 0.3) is 0 Å². The predicted octanol–water partition coefficient (Wildman–Crippen LogP) is 4.25. The van der Waals surface area contributed by atoms with E-state index in [-0.39, 0.29) is 0 Å². The summed E-state index contributed by atoms with van der Waals surface area (Å²) in [4.78, 5) is 0. The smallest absolute Gasteiger partial charge is 0.310 e. The van der Waals surface area contributed by atoms with Gasteiger partial charge < -0.3 is 8.23 Å². The normalized spacial score (nSPS) is 16.9. The van der Waals surface area contributed by atoms with Gasteiger partial charge in [0.05, 0.1) is 0 Å². The van der Waals surface area contributed by atoms with E-state index in [1.54, 1.807) is 0 Å². The second-order valence-electron chi connectivity index (χ2n) is 7.19. The quantitative estimate of drug-likeness (QED) is 0.571. The SMILES string of the molecule is C[Si](C)(O[Si](C)(C)[c-]1cccc1)O[Si](C)(C)C1C=CC=C1. The summed E-state index contributed by atoms with van der Waals surface area (Å²) in [6.07, 6.45) is 8.77. The van der Waals surface area contributed by atoms with Crippen molar-refractivity contribution in [3.05, 3.63) is 48.6 Å². The highest BCUT2D eigenvalue weighted by Gasteiger charge is 2.41. The topological polar surface area (TPSA) is 18.5 Å². The molecular weight excluding hydrogens is 308 g/mol. The van der Waals surface area contributed by atoms with E-state index in [1.807, 2.05) is 0 Å². The molecule has 0 bridgehead atoms. The lowest BCUT2D eigenvalue weighted by Gasteiger charge is -2.41. The average molecular weight is 336 g/mol. The van der Waals surface area contributed by atoms with Crippen LogP contribution in [0.5, 0.6) is 0 Å². The Labute approximate surface area is 132 Å². The molecule has 0 spiro atoms. The van der Waals surface area contributed by atoms with Crippen LogP contribution in [0.1, 0.15) is 0 Å². The van der Waals surface area contributed by atoms with Crippen LogP contribution in [-0.4, -0.2) is 25.2 Å². The van der Waals surface area contributed by atoms with Crippen LogP contribution in [0.15, 0.2) is 48.6 Å². The molecule has 0 fully saturated rings. The fraction of sp³-hybridized carbons (Fsp3) is 0.438. The van der Waals surface area contributed by atoms with Crippen molar-refractivity contribution < 1.29 is 8.23 Å². The molecule has 21 heavy (non-hydrogen) atoms. The number of hydrogen-bond acceptors (Lipinski definition) is 2.